The summed E-state index contributed by atoms with van der Waals surface area (Å²) in [6.07, 6.45) is 0.588. The fraction of sp³-hybridized carbons (Fsp3) is 0.294. The van der Waals surface area contributed by atoms with Crippen molar-refractivity contribution < 1.29 is 9.50 Å². The number of aliphatic hydroxyl groups excluding tert-OH is 1. The van der Waals surface area contributed by atoms with E-state index in [9.17, 15) is 9.50 Å². The van der Waals surface area contributed by atoms with Gasteiger partial charge in [-0.25, -0.2) is 4.39 Å². The van der Waals surface area contributed by atoms with Crippen molar-refractivity contribution >= 4 is 11.6 Å². The Morgan fingerprint density at radius 3 is 2.50 bits per heavy atom. The highest BCUT2D eigenvalue weighted by atomic mass is 35.5. The second-order valence-corrected chi connectivity index (χ2v) is 5.56. The molecule has 20 heavy (non-hydrogen) atoms. The highest BCUT2D eigenvalue weighted by Crippen LogP contribution is 2.23. The first-order valence-electron chi connectivity index (χ1n) is 6.73. The third-order valence-electron chi connectivity index (χ3n) is 3.45. The van der Waals surface area contributed by atoms with Crippen molar-refractivity contribution in [3.8, 4) is 0 Å². The Bertz CT molecular complexity index is 556. The monoisotopic (exact) mass is 292 g/mol. The normalized spacial score (nSPS) is 14.0. The van der Waals surface area contributed by atoms with Crippen LogP contribution in [0.2, 0.25) is 5.02 Å². The van der Waals surface area contributed by atoms with Gasteiger partial charge in [-0.05, 0) is 42.0 Å². The predicted octanol–water partition coefficient (Wildman–Crippen LogP) is 4.58. The van der Waals surface area contributed by atoms with E-state index < -0.39 is 11.9 Å². The maximum absolute atomic E-state index is 13.3. The molecule has 2 rings (SSSR count). The van der Waals surface area contributed by atoms with Crippen molar-refractivity contribution in [1.82, 2.24) is 0 Å². The molecule has 2 aromatic rings. The molecule has 0 bridgehead atoms. The van der Waals surface area contributed by atoms with E-state index in [0.717, 1.165) is 5.56 Å². The summed E-state index contributed by atoms with van der Waals surface area (Å²) in [6.45, 7) is 2.08. The van der Waals surface area contributed by atoms with Crippen LogP contribution < -0.4 is 0 Å². The molecular weight excluding hydrogens is 275 g/mol. The summed E-state index contributed by atoms with van der Waals surface area (Å²) in [6, 6.07) is 14.7. The number of halogens is 2. The van der Waals surface area contributed by atoms with E-state index in [0.29, 0.717) is 12.8 Å². The van der Waals surface area contributed by atoms with Crippen LogP contribution in [-0.4, -0.2) is 11.2 Å². The molecule has 0 heterocycles. The summed E-state index contributed by atoms with van der Waals surface area (Å²) in [5, 5.41) is 10.3. The first-order chi connectivity index (χ1) is 9.56. The van der Waals surface area contributed by atoms with Crippen molar-refractivity contribution in [1.29, 1.82) is 0 Å². The molecule has 0 aliphatic rings. The average Bonchev–Trinajstić information content (AvgIpc) is 2.44. The zero-order valence-electron chi connectivity index (χ0n) is 11.4. The van der Waals surface area contributed by atoms with Crippen molar-refractivity contribution in [2.45, 2.75) is 31.8 Å². The van der Waals surface area contributed by atoms with E-state index >= 15 is 0 Å². The largest absolute Gasteiger partial charge is 0.393 e. The lowest BCUT2D eigenvalue weighted by Crippen LogP contribution is -2.14. The van der Waals surface area contributed by atoms with Crippen LogP contribution in [0.5, 0.6) is 0 Å². The van der Waals surface area contributed by atoms with E-state index in [-0.39, 0.29) is 10.9 Å². The summed E-state index contributed by atoms with van der Waals surface area (Å²) in [4.78, 5) is 0. The minimum absolute atomic E-state index is 0.112. The van der Waals surface area contributed by atoms with Gasteiger partial charge in [-0.15, -0.1) is 0 Å². The molecular formula is C17H18ClFO. The fourth-order valence-electron chi connectivity index (χ4n) is 2.35. The Hall–Kier alpha value is -1.38. The molecule has 2 atom stereocenters. The van der Waals surface area contributed by atoms with Crippen LogP contribution in [0.1, 0.15) is 30.4 Å². The van der Waals surface area contributed by atoms with Gasteiger partial charge in [0.1, 0.15) is 5.82 Å². The fourth-order valence-corrected chi connectivity index (χ4v) is 2.47. The molecule has 0 fully saturated rings. The lowest BCUT2D eigenvalue weighted by atomic mass is 9.92. The van der Waals surface area contributed by atoms with Gasteiger partial charge in [-0.1, -0.05) is 54.9 Å². The average molecular weight is 293 g/mol. The first-order valence-corrected chi connectivity index (χ1v) is 7.11. The number of hydrogen-bond acceptors (Lipinski definition) is 1. The summed E-state index contributed by atoms with van der Waals surface area (Å²) in [5.74, 6) is -0.171. The molecule has 0 aromatic heterocycles. The highest BCUT2D eigenvalue weighted by molar-refractivity contribution is 6.30. The molecule has 2 unspecified atom stereocenters. The lowest BCUT2D eigenvalue weighted by Gasteiger charge is -2.17. The smallest absolute Gasteiger partial charge is 0.142 e. The molecule has 0 radical (unpaired) electrons. The molecule has 1 nitrogen and oxygen atoms in total. The van der Waals surface area contributed by atoms with Gasteiger partial charge in [0, 0.05) is 0 Å². The minimum Gasteiger partial charge on any atom is -0.393 e. The Balaban J connectivity index is 1.95. The maximum atomic E-state index is 13.3. The summed E-state index contributed by atoms with van der Waals surface area (Å²) < 4.78 is 13.3. The van der Waals surface area contributed by atoms with Gasteiger partial charge in [0.25, 0.3) is 0 Å². The lowest BCUT2D eigenvalue weighted by molar-refractivity contribution is 0.157. The van der Waals surface area contributed by atoms with E-state index in [2.05, 4.69) is 19.1 Å². The molecule has 0 aliphatic heterocycles. The highest BCUT2D eigenvalue weighted by Gasteiger charge is 2.13. The molecule has 0 spiro atoms. The van der Waals surface area contributed by atoms with Crippen LogP contribution in [0.3, 0.4) is 0 Å². The van der Waals surface area contributed by atoms with Gasteiger partial charge < -0.3 is 5.11 Å². The van der Waals surface area contributed by atoms with Crippen molar-refractivity contribution in [2.24, 2.45) is 0 Å². The minimum atomic E-state index is -0.495. The molecule has 0 saturated heterocycles. The van der Waals surface area contributed by atoms with E-state index in [1.807, 2.05) is 18.2 Å². The van der Waals surface area contributed by atoms with Crippen LogP contribution in [0.25, 0.3) is 0 Å². The number of aliphatic hydroxyl groups is 1. The molecule has 1 N–H and O–H groups in total. The van der Waals surface area contributed by atoms with Gasteiger partial charge >= 0.3 is 0 Å². The SMILES string of the molecule is CC(CC(O)Cc1ccc(Cl)c(F)c1)c1ccccc1. The van der Waals surface area contributed by atoms with Gasteiger partial charge in [-0.3, -0.25) is 0 Å². The third kappa shape index (κ3) is 4.06. The Labute approximate surface area is 124 Å². The molecule has 0 amide bonds. The van der Waals surface area contributed by atoms with Crippen molar-refractivity contribution in [2.75, 3.05) is 0 Å². The van der Waals surface area contributed by atoms with Crippen LogP contribution in [0, 0.1) is 5.82 Å². The molecule has 0 saturated carbocycles. The van der Waals surface area contributed by atoms with Crippen LogP contribution in [0.15, 0.2) is 48.5 Å². The number of rotatable bonds is 5. The molecule has 2 aromatic carbocycles. The first kappa shape index (κ1) is 15.0. The Morgan fingerprint density at radius 2 is 1.85 bits per heavy atom. The van der Waals surface area contributed by atoms with E-state index in [1.54, 1.807) is 6.07 Å². The second-order valence-electron chi connectivity index (χ2n) is 5.15. The quantitative estimate of drug-likeness (QED) is 0.855. The standard InChI is InChI=1S/C17H18ClFO/c1-12(14-5-3-2-4-6-14)9-15(20)10-13-7-8-16(18)17(19)11-13/h2-8,11-12,15,20H,9-10H2,1H3. The maximum Gasteiger partial charge on any atom is 0.142 e. The van der Waals surface area contributed by atoms with Crippen LogP contribution in [-0.2, 0) is 6.42 Å². The second kappa shape index (κ2) is 6.87. The summed E-state index contributed by atoms with van der Waals surface area (Å²) >= 11 is 5.64. The third-order valence-corrected chi connectivity index (χ3v) is 3.76. The summed E-state index contributed by atoms with van der Waals surface area (Å²) in [5.41, 5.74) is 1.97. The molecule has 3 heteroatoms. The zero-order valence-corrected chi connectivity index (χ0v) is 12.1. The van der Waals surface area contributed by atoms with Gasteiger partial charge in [-0.2, -0.15) is 0 Å². The Kier molecular flexibility index (Phi) is 5.16. The van der Waals surface area contributed by atoms with E-state index in [1.165, 1.54) is 17.7 Å². The predicted molar refractivity (Wildman–Crippen MR) is 80.6 cm³/mol. The van der Waals surface area contributed by atoms with Crippen molar-refractivity contribution in [3.05, 3.63) is 70.5 Å². The number of hydrogen-bond donors (Lipinski definition) is 1. The topological polar surface area (TPSA) is 20.2 Å². The van der Waals surface area contributed by atoms with Crippen molar-refractivity contribution in [3.63, 3.8) is 0 Å². The van der Waals surface area contributed by atoms with Gasteiger partial charge in [0.05, 0.1) is 11.1 Å². The summed E-state index contributed by atoms with van der Waals surface area (Å²) in [7, 11) is 0. The number of benzene rings is 2. The van der Waals surface area contributed by atoms with Crippen LogP contribution in [0.4, 0.5) is 4.39 Å². The zero-order chi connectivity index (χ0) is 14.5. The Morgan fingerprint density at radius 1 is 1.15 bits per heavy atom. The molecule has 0 aliphatic carbocycles. The van der Waals surface area contributed by atoms with E-state index in [4.69, 9.17) is 11.6 Å². The van der Waals surface area contributed by atoms with Gasteiger partial charge in [0.2, 0.25) is 0 Å². The molecule has 106 valence electrons. The van der Waals surface area contributed by atoms with Crippen LogP contribution >= 0.6 is 11.6 Å². The van der Waals surface area contributed by atoms with Gasteiger partial charge in [0.15, 0.2) is 0 Å².